The van der Waals surface area contributed by atoms with Crippen molar-refractivity contribution in [2.45, 2.75) is 31.8 Å². The van der Waals surface area contributed by atoms with Gasteiger partial charge >= 0.3 is 0 Å². The van der Waals surface area contributed by atoms with Gasteiger partial charge in [-0.25, -0.2) is 4.98 Å². The van der Waals surface area contributed by atoms with Crippen molar-refractivity contribution in [3.8, 4) is 5.75 Å². The molecule has 23 heavy (non-hydrogen) atoms. The van der Waals surface area contributed by atoms with E-state index in [-0.39, 0.29) is 17.4 Å². The molecule has 2 unspecified atom stereocenters. The molecule has 3 rings (SSSR count). The third-order valence-electron chi connectivity index (χ3n) is 4.27. The minimum Gasteiger partial charge on any atom is -0.508 e. The highest BCUT2D eigenvalue weighted by Gasteiger charge is 2.27. The van der Waals surface area contributed by atoms with Gasteiger partial charge in [0.15, 0.2) is 6.29 Å². The Morgan fingerprint density at radius 1 is 1.43 bits per heavy atom. The zero-order valence-corrected chi connectivity index (χ0v) is 12.7. The van der Waals surface area contributed by atoms with Crippen molar-refractivity contribution in [1.82, 2.24) is 14.9 Å². The van der Waals surface area contributed by atoms with Gasteiger partial charge in [-0.05, 0) is 38.0 Å². The Bertz CT molecular complexity index is 835. The zero-order valence-electron chi connectivity index (χ0n) is 12.7. The monoisotopic (exact) mass is 315 g/mol. The van der Waals surface area contributed by atoms with Gasteiger partial charge in [0.2, 0.25) is 5.78 Å². The number of rotatable bonds is 3. The lowest BCUT2D eigenvalue weighted by molar-refractivity contribution is -0.131. The zero-order chi connectivity index (χ0) is 16.6. The molecular formula is C16H17N3O4. The number of benzene rings is 1. The van der Waals surface area contributed by atoms with E-state index in [2.05, 4.69) is 10.3 Å². The Hall–Kier alpha value is -2.54. The number of hydrogen-bond acceptors (Lipinski definition) is 6. The number of carbonyl (C=O) groups is 2. The van der Waals surface area contributed by atoms with E-state index < -0.39 is 11.8 Å². The number of aromatic nitrogens is 2. The summed E-state index contributed by atoms with van der Waals surface area (Å²) in [6, 6.07) is 3.91. The molecule has 7 heteroatoms. The fourth-order valence-corrected chi connectivity index (χ4v) is 3.11. The molecule has 2 N–H and O–H groups in total. The largest absolute Gasteiger partial charge is 0.508 e. The number of aromatic hydroxyl groups is 1. The van der Waals surface area contributed by atoms with Crippen LogP contribution in [-0.2, 0) is 9.59 Å². The van der Waals surface area contributed by atoms with Crippen LogP contribution in [0.15, 0.2) is 23.0 Å². The lowest BCUT2D eigenvalue weighted by atomic mass is 9.97. The van der Waals surface area contributed by atoms with Crippen molar-refractivity contribution in [3.05, 3.63) is 34.4 Å². The van der Waals surface area contributed by atoms with Crippen LogP contribution in [0.3, 0.4) is 0 Å². The van der Waals surface area contributed by atoms with Crippen LogP contribution in [0.1, 0.15) is 24.7 Å². The third kappa shape index (κ3) is 2.75. The number of hydrogen-bond donors (Lipinski definition) is 2. The minimum atomic E-state index is -0.475. The van der Waals surface area contributed by atoms with Crippen molar-refractivity contribution in [3.63, 3.8) is 0 Å². The van der Waals surface area contributed by atoms with E-state index in [0.29, 0.717) is 42.4 Å². The first-order valence-corrected chi connectivity index (χ1v) is 7.45. The van der Waals surface area contributed by atoms with Gasteiger partial charge in [0.1, 0.15) is 11.6 Å². The third-order valence-corrected chi connectivity index (χ3v) is 4.27. The molecule has 1 aromatic carbocycles. The van der Waals surface area contributed by atoms with Gasteiger partial charge < -0.3 is 10.4 Å². The lowest BCUT2D eigenvalue weighted by Crippen LogP contribution is -2.47. The van der Waals surface area contributed by atoms with Gasteiger partial charge in [-0.15, -0.1) is 0 Å². The van der Waals surface area contributed by atoms with Crippen molar-refractivity contribution >= 4 is 23.0 Å². The standard InChI is InChI=1S/C16H17N3O4/c1-9-18-13-5-3-11(21)6-12(13)16(23)19(9)10-2-4-14(17-7-10)15(22)8-20/h3,5-6,8,10,14,17,21H,2,4,7H2,1H3. The topological polar surface area (TPSA) is 101 Å². The highest BCUT2D eigenvalue weighted by Crippen LogP contribution is 2.22. The Morgan fingerprint density at radius 3 is 2.87 bits per heavy atom. The molecule has 1 aliphatic heterocycles. The average Bonchev–Trinajstić information content (AvgIpc) is 2.55. The number of nitrogens with zero attached hydrogens (tertiary/aromatic N) is 2. The minimum absolute atomic E-state index is 0.0187. The molecule has 1 aliphatic rings. The smallest absolute Gasteiger partial charge is 0.261 e. The number of nitrogens with one attached hydrogen (secondary N) is 1. The van der Waals surface area contributed by atoms with Crippen molar-refractivity contribution in [2.24, 2.45) is 0 Å². The molecule has 0 bridgehead atoms. The number of Topliss-reactive ketones (excluding diaryl/α,β-unsaturated/α-hetero) is 1. The first-order chi connectivity index (χ1) is 11.0. The van der Waals surface area contributed by atoms with Gasteiger partial charge in [-0.2, -0.15) is 0 Å². The van der Waals surface area contributed by atoms with Gasteiger partial charge in [0.25, 0.3) is 5.56 Å². The lowest BCUT2D eigenvalue weighted by Gasteiger charge is -2.30. The van der Waals surface area contributed by atoms with Gasteiger partial charge in [0, 0.05) is 6.54 Å². The first kappa shape index (κ1) is 15.4. The number of carbonyl (C=O) groups excluding carboxylic acids is 2. The highest BCUT2D eigenvalue weighted by molar-refractivity contribution is 6.27. The predicted molar refractivity (Wildman–Crippen MR) is 83.5 cm³/mol. The molecule has 0 aliphatic carbocycles. The van der Waals surface area contributed by atoms with Gasteiger partial charge in [0.05, 0.1) is 23.0 Å². The summed E-state index contributed by atoms with van der Waals surface area (Å²) in [7, 11) is 0. The van der Waals surface area contributed by atoms with Crippen LogP contribution in [0.25, 0.3) is 10.9 Å². The number of fused-ring (bicyclic) bond motifs is 1. The second-order valence-corrected chi connectivity index (χ2v) is 5.75. The summed E-state index contributed by atoms with van der Waals surface area (Å²) in [6.45, 7) is 2.17. The van der Waals surface area contributed by atoms with E-state index in [9.17, 15) is 19.5 Å². The van der Waals surface area contributed by atoms with Crippen LogP contribution < -0.4 is 10.9 Å². The highest BCUT2D eigenvalue weighted by atomic mass is 16.3. The molecule has 0 saturated carbocycles. The molecule has 120 valence electrons. The summed E-state index contributed by atoms with van der Waals surface area (Å²) in [5.41, 5.74) is 0.328. The maximum atomic E-state index is 12.7. The Balaban J connectivity index is 1.96. The van der Waals surface area contributed by atoms with E-state index in [1.54, 1.807) is 17.6 Å². The summed E-state index contributed by atoms with van der Waals surface area (Å²) >= 11 is 0. The molecule has 2 heterocycles. The molecule has 1 saturated heterocycles. The van der Waals surface area contributed by atoms with Crippen LogP contribution in [0.4, 0.5) is 0 Å². The summed E-state index contributed by atoms with van der Waals surface area (Å²) in [5.74, 6) is 0.138. The van der Waals surface area contributed by atoms with Crippen LogP contribution in [-0.4, -0.2) is 39.3 Å². The number of phenols is 1. The fraction of sp³-hybridized carbons (Fsp3) is 0.375. The molecular weight excluding hydrogens is 298 g/mol. The van der Waals surface area contributed by atoms with E-state index in [1.807, 2.05) is 0 Å². The molecule has 2 aromatic rings. The molecule has 1 fully saturated rings. The van der Waals surface area contributed by atoms with E-state index in [4.69, 9.17) is 0 Å². The number of piperidine rings is 1. The molecule has 0 amide bonds. The van der Waals surface area contributed by atoms with Crippen LogP contribution in [0.5, 0.6) is 5.75 Å². The van der Waals surface area contributed by atoms with Gasteiger partial charge in [-0.3, -0.25) is 19.0 Å². The summed E-state index contributed by atoms with van der Waals surface area (Å²) in [6.07, 6.45) is 1.42. The van der Waals surface area contributed by atoms with E-state index in [0.717, 1.165) is 0 Å². The maximum Gasteiger partial charge on any atom is 0.261 e. The number of ketones is 1. The quantitative estimate of drug-likeness (QED) is 0.631. The summed E-state index contributed by atoms with van der Waals surface area (Å²) in [4.78, 5) is 39.1. The molecule has 0 radical (unpaired) electrons. The average molecular weight is 315 g/mol. The van der Waals surface area contributed by atoms with Crippen molar-refractivity contribution in [1.29, 1.82) is 0 Å². The van der Waals surface area contributed by atoms with E-state index >= 15 is 0 Å². The second kappa shape index (κ2) is 5.92. The fourth-order valence-electron chi connectivity index (χ4n) is 3.11. The van der Waals surface area contributed by atoms with Gasteiger partial charge in [-0.1, -0.05) is 0 Å². The second-order valence-electron chi connectivity index (χ2n) is 5.75. The Morgan fingerprint density at radius 2 is 2.22 bits per heavy atom. The molecule has 7 nitrogen and oxygen atoms in total. The first-order valence-electron chi connectivity index (χ1n) is 7.45. The number of aldehydes is 1. The summed E-state index contributed by atoms with van der Waals surface area (Å²) in [5, 5.41) is 13.0. The molecule has 1 aromatic heterocycles. The Kier molecular flexibility index (Phi) is 3.96. The predicted octanol–water partition coefficient (Wildman–Crippen LogP) is 0.472. The Labute approximate surface area is 132 Å². The van der Waals surface area contributed by atoms with E-state index in [1.165, 1.54) is 12.1 Å². The molecule has 0 spiro atoms. The van der Waals surface area contributed by atoms with Crippen LogP contribution in [0.2, 0.25) is 0 Å². The normalized spacial score (nSPS) is 21.3. The van der Waals surface area contributed by atoms with Crippen LogP contribution in [0, 0.1) is 6.92 Å². The summed E-state index contributed by atoms with van der Waals surface area (Å²) < 4.78 is 1.59. The number of aryl methyl sites for hydroxylation is 1. The molecule has 2 atom stereocenters. The SMILES string of the molecule is Cc1nc2ccc(O)cc2c(=O)n1C1CCC(C(=O)C=O)NC1. The van der Waals surface area contributed by atoms with Crippen molar-refractivity contribution < 1.29 is 14.7 Å². The number of phenolic OH excluding ortho intramolecular Hbond substituents is 1. The van der Waals surface area contributed by atoms with Crippen LogP contribution >= 0.6 is 0 Å². The van der Waals surface area contributed by atoms with Crippen molar-refractivity contribution in [2.75, 3.05) is 6.54 Å². The maximum absolute atomic E-state index is 12.7.